The first-order chi connectivity index (χ1) is 41.3. The third-order valence-electron chi connectivity index (χ3n) is 14.4. The molecule has 14 aromatic rings. The van der Waals surface area contributed by atoms with Crippen LogP contribution >= 0.6 is 0 Å². The maximum absolute atomic E-state index is 10.0. The first-order valence-electron chi connectivity index (χ1n) is 30.5. The second kappa shape index (κ2) is 17.0. The number of fused-ring (bicyclic) bond motifs is 9. The lowest BCUT2D eigenvalue weighted by atomic mass is 9.86. The van der Waals surface area contributed by atoms with Gasteiger partial charge in [-0.25, -0.2) is 0 Å². The SMILES string of the molecule is [2H]c1c([2H])c([2H])c(-n2c3ccccc3c3cc(C(C)(C)C)ccc32)c(-c2nc(-n3c4ccccc4c4ccc([Si](c5ccccc5)(c5ccccc5)c5ccccc5)cc43)nc(-n3c4c([2H])c([2H])c([2H])c([2H])c4c4c([2H])c([2H])c([2H])c([2H])c43)n2)c1[2H]. The summed E-state index contributed by atoms with van der Waals surface area (Å²) in [5.74, 6) is -0.712. The van der Waals surface area contributed by atoms with E-state index >= 15 is 0 Å². The minimum atomic E-state index is -3.24. The van der Waals surface area contributed by atoms with E-state index in [2.05, 4.69) is 118 Å². The first-order valence-corrected chi connectivity index (χ1v) is 26.5. The van der Waals surface area contributed by atoms with Gasteiger partial charge in [-0.15, -0.1) is 0 Å². The van der Waals surface area contributed by atoms with Crippen LogP contribution in [0.1, 0.15) is 42.8 Å². The third kappa shape index (κ3) is 6.66. The maximum atomic E-state index is 10.0. The molecule has 10 aromatic carbocycles. The van der Waals surface area contributed by atoms with E-state index in [-0.39, 0.29) is 56.2 Å². The lowest BCUT2D eigenvalue weighted by molar-refractivity contribution is 0.591. The maximum Gasteiger partial charge on any atom is 0.240 e. The van der Waals surface area contributed by atoms with E-state index in [4.69, 9.17) is 20.4 Å². The molecule has 0 atom stereocenters. The number of rotatable bonds is 8. The Balaban J connectivity index is 1.18. The van der Waals surface area contributed by atoms with Crippen LogP contribution in [0.25, 0.3) is 94.4 Å². The fourth-order valence-electron chi connectivity index (χ4n) is 11.1. The van der Waals surface area contributed by atoms with Gasteiger partial charge >= 0.3 is 0 Å². The highest BCUT2D eigenvalue weighted by atomic mass is 28.3. The van der Waals surface area contributed by atoms with E-state index in [0.29, 0.717) is 22.1 Å². The van der Waals surface area contributed by atoms with Crippen molar-refractivity contribution >= 4 is 94.2 Å². The fraction of sp³-hybridized carbons (Fsp3) is 0.0597. The van der Waals surface area contributed by atoms with Gasteiger partial charge in [0.25, 0.3) is 0 Å². The van der Waals surface area contributed by atoms with Crippen LogP contribution < -0.4 is 20.7 Å². The van der Waals surface area contributed by atoms with E-state index in [1.54, 1.807) is 4.57 Å². The van der Waals surface area contributed by atoms with Gasteiger partial charge in [-0.1, -0.05) is 215 Å². The number of para-hydroxylation sites is 5. The molecule has 0 unspecified atom stereocenters. The average molecular weight is 979 g/mol. The first kappa shape index (κ1) is 32.7. The molecule has 14 rings (SSSR count). The second-order valence-corrected chi connectivity index (χ2v) is 23.3. The molecule has 4 aromatic heterocycles. The summed E-state index contributed by atoms with van der Waals surface area (Å²) >= 11 is 0. The largest absolute Gasteiger partial charge is 0.309 e. The molecule has 0 spiro atoms. The molecular formula is C67H50N6Si. The van der Waals surface area contributed by atoms with Crippen molar-refractivity contribution in [2.75, 3.05) is 0 Å². The highest BCUT2D eigenvalue weighted by Gasteiger charge is 2.42. The predicted octanol–water partition coefficient (Wildman–Crippen LogP) is 13.5. The molecule has 0 N–H and O–H groups in total. The Kier molecular flexibility index (Phi) is 7.51. The fourth-order valence-corrected chi connectivity index (χ4v) is 15.8. The quantitative estimate of drug-likeness (QED) is 0.113. The molecule has 0 fully saturated rings. The molecule has 0 saturated heterocycles. The van der Waals surface area contributed by atoms with Gasteiger partial charge in [0.2, 0.25) is 11.9 Å². The smallest absolute Gasteiger partial charge is 0.240 e. The molecule has 4 heterocycles. The molecule has 6 nitrogen and oxygen atoms in total. The van der Waals surface area contributed by atoms with Crippen LogP contribution in [0.4, 0.5) is 0 Å². The second-order valence-electron chi connectivity index (χ2n) is 19.5. The van der Waals surface area contributed by atoms with Gasteiger partial charge in [-0.05, 0) is 86.2 Å². The van der Waals surface area contributed by atoms with Gasteiger partial charge in [-0.2, -0.15) is 15.0 Å². The molecule has 0 amide bonds. The normalized spacial score (nSPS) is 14.5. The minimum absolute atomic E-state index is 0.00809. The molecule has 0 bridgehead atoms. The highest BCUT2D eigenvalue weighted by Crippen LogP contribution is 2.39. The van der Waals surface area contributed by atoms with Gasteiger partial charge in [-0.3, -0.25) is 9.13 Å². The molecule has 0 aliphatic rings. The number of aromatic nitrogens is 6. The summed E-state index contributed by atoms with van der Waals surface area (Å²) in [7, 11) is -3.24. The topological polar surface area (TPSA) is 53.5 Å². The van der Waals surface area contributed by atoms with E-state index in [9.17, 15) is 11.0 Å². The number of hydrogen-bond donors (Lipinski definition) is 0. The van der Waals surface area contributed by atoms with Gasteiger partial charge in [0, 0.05) is 37.9 Å². The molecule has 0 aliphatic carbocycles. The van der Waals surface area contributed by atoms with Crippen LogP contribution in [0, 0.1) is 0 Å². The van der Waals surface area contributed by atoms with Crippen LogP contribution in [-0.4, -0.2) is 36.7 Å². The van der Waals surface area contributed by atoms with Crippen molar-refractivity contribution in [2.45, 2.75) is 26.2 Å². The monoisotopic (exact) mass is 978 g/mol. The van der Waals surface area contributed by atoms with Crippen molar-refractivity contribution in [3.8, 4) is 29.0 Å². The summed E-state index contributed by atoms with van der Waals surface area (Å²) in [5, 5.41) is 7.24. The Morgan fingerprint density at radius 2 is 0.838 bits per heavy atom. The van der Waals surface area contributed by atoms with Crippen LogP contribution in [0.2, 0.25) is 0 Å². The molecule has 74 heavy (non-hydrogen) atoms. The molecule has 0 radical (unpaired) electrons. The standard InChI is InChI=1S/C67H50N6Si/c1-67(2,3)45-39-42-62-56(43-45)53-32-16-18-34-57(53)71(62)61-38-22-17-33-55(61)64-68-65(72-58-35-19-13-29-50(58)51-30-14-20-36-59(51)72)70-66(69-64)73-60-37-21-15-31-52(60)54-41-40-49(44-63(54)73)74(46-23-7-4-8-24-46,47-25-9-5-10-26-47)48-27-11-6-12-28-48/h4-44H,1-3H3/i13D,14D,17D,19D,20D,22D,29D,30D,33D,35D,36D,38D. The summed E-state index contributed by atoms with van der Waals surface area (Å²) in [5.41, 5.74) is 2.70. The van der Waals surface area contributed by atoms with E-state index in [0.717, 1.165) is 47.9 Å². The Labute approximate surface area is 447 Å². The Morgan fingerprint density at radius 1 is 0.365 bits per heavy atom. The van der Waals surface area contributed by atoms with Crippen molar-refractivity contribution < 1.29 is 16.4 Å². The van der Waals surface area contributed by atoms with Crippen LogP contribution in [-0.2, 0) is 5.41 Å². The Hall–Kier alpha value is -9.17. The Morgan fingerprint density at radius 3 is 1.43 bits per heavy atom. The lowest BCUT2D eigenvalue weighted by Gasteiger charge is -2.34. The molecule has 0 saturated carbocycles. The summed E-state index contributed by atoms with van der Waals surface area (Å²) in [6.07, 6.45) is 0. The predicted molar refractivity (Wildman–Crippen MR) is 311 cm³/mol. The molecular weight excluding hydrogens is 917 g/mol. The molecule has 0 aliphatic heterocycles. The van der Waals surface area contributed by atoms with Crippen molar-refractivity contribution in [1.82, 2.24) is 28.7 Å². The van der Waals surface area contributed by atoms with Gasteiger partial charge in [0.15, 0.2) is 13.9 Å². The number of nitrogens with zero attached hydrogens (tertiary/aromatic N) is 6. The summed E-state index contributed by atoms with van der Waals surface area (Å²) in [4.78, 5) is 15.8. The summed E-state index contributed by atoms with van der Waals surface area (Å²) in [6.45, 7) is 6.36. The van der Waals surface area contributed by atoms with Crippen LogP contribution in [0.15, 0.2) is 248 Å². The van der Waals surface area contributed by atoms with E-state index < -0.39 is 80.6 Å². The Bertz CT molecular complexity index is 5020. The van der Waals surface area contributed by atoms with Gasteiger partial charge in [0.05, 0.1) is 55.2 Å². The van der Waals surface area contributed by atoms with Gasteiger partial charge in [0.1, 0.15) is 0 Å². The zero-order valence-electron chi connectivity index (χ0n) is 52.4. The zero-order valence-corrected chi connectivity index (χ0v) is 41.4. The molecule has 352 valence electrons. The highest BCUT2D eigenvalue weighted by molar-refractivity contribution is 7.20. The van der Waals surface area contributed by atoms with Crippen molar-refractivity contribution in [3.63, 3.8) is 0 Å². The summed E-state index contributed by atoms with van der Waals surface area (Å²) in [6, 6.07) is 52.4. The van der Waals surface area contributed by atoms with E-state index in [1.165, 1.54) is 4.57 Å². The average Bonchev–Trinajstić information content (AvgIpc) is 1.62. The van der Waals surface area contributed by atoms with Crippen molar-refractivity contribution in [3.05, 3.63) is 254 Å². The minimum Gasteiger partial charge on any atom is -0.309 e. The zero-order chi connectivity index (χ0) is 60.0. The summed E-state index contributed by atoms with van der Waals surface area (Å²) < 4.78 is 117. The molecule has 7 heteroatoms. The lowest BCUT2D eigenvalue weighted by Crippen LogP contribution is -2.74. The van der Waals surface area contributed by atoms with Crippen LogP contribution in [0.3, 0.4) is 0 Å². The van der Waals surface area contributed by atoms with Crippen LogP contribution in [0.5, 0.6) is 0 Å². The third-order valence-corrected chi connectivity index (χ3v) is 19.2. The number of benzene rings is 10. The van der Waals surface area contributed by atoms with E-state index in [1.807, 2.05) is 83.4 Å². The van der Waals surface area contributed by atoms with Crippen molar-refractivity contribution in [1.29, 1.82) is 0 Å². The number of hydrogen-bond acceptors (Lipinski definition) is 3. The van der Waals surface area contributed by atoms with Crippen molar-refractivity contribution in [2.24, 2.45) is 0 Å². The van der Waals surface area contributed by atoms with Gasteiger partial charge < -0.3 is 4.57 Å².